The molecule has 0 aliphatic heterocycles. The molecule has 0 heterocycles. The van der Waals surface area contributed by atoms with E-state index >= 15 is 0 Å². The monoisotopic (exact) mass is 1550 g/mol. The molecule has 630 valence electrons. The fraction of sp³-hybridized carbons (Fsp3) is 0.954. The number of hydrogen-bond donors (Lipinski definition) is 3. The van der Waals surface area contributed by atoms with Crippen LogP contribution < -0.4 is 0 Å². The molecule has 3 N–H and O–H groups in total. The normalized spacial score (nSPS) is 13.7. The summed E-state index contributed by atoms with van der Waals surface area (Å²) >= 11 is 0. The van der Waals surface area contributed by atoms with Crippen LogP contribution in [0.3, 0.4) is 0 Å². The van der Waals surface area contributed by atoms with Gasteiger partial charge in [-0.15, -0.1) is 0 Å². The standard InChI is InChI=1S/C87H170O17P2/c1-6-9-12-15-18-21-24-26-28-30-31-32-33-34-38-43-48-53-58-63-68-73-87(92)104-83(77-98-85(90)71-66-61-56-51-46-41-39-35-36-40-45-49-54-59-64-69-80(4)5)79-102-106(95,96)100-75-81(88)74-99-105(93,94)101-78-82(76-97-84(89)70-65-60-55-50-44-23-20-17-14-11-8-3)103-86(91)72-67-62-57-52-47-42-37-29-27-25-22-19-16-13-10-7-2/h80-83,88H,6-79H2,1-5H3,(H,93,94)(H,95,96)/t81-,82+,83+/m0/s1. The van der Waals surface area contributed by atoms with E-state index in [9.17, 15) is 43.2 Å². The Morgan fingerprint density at radius 3 is 0.642 bits per heavy atom. The topological polar surface area (TPSA) is 237 Å². The predicted molar refractivity (Wildman–Crippen MR) is 437 cm³/mol. The maximum absolute atomic E-state index is 13.2. The van der Waals surface area contributed by atoms with Gasteiger partial charge >= 0.3 is 39.5 Å². The molecule has 17 nitrogen and oxygen atoms in total. The minimum Gasteiger partial charge on any atom is -0.462 e. The van der Waals surface area contributed by atoms with E-state index in [0.717, 1.165) is 95.8 Å². The highest BCUT2D eigenvalue weighted by molar-refractivity contribution is 7.47. The molecule has 106 heavy (non-hydrogen) atoms. The number of phosphoric acid groups is 2. The summed E-state index contributed by atoms with van der Waals surface area (Å²) in [7, 11) is -9.93. The van der Waals surface area contributed by atoms with E-state index in [1.807, 2.05) is 0 Å². The molecule has 0 aromatic carbocycles. The average Bonchev–Trinajstić information content (AvgIpc) is 0.903. The summed E-state index contributed by atoms with van der Waals surface area (Å²) in [6.45, 7) is 7.40. The molecule has 0 aromatic rings. The summed E-state index contributed by atoms with van der Waals surface area (Å²) in [4.78, 5) is 73.3. The van der Waals surface area contributed by atoms with Crippen LogP contribution in [0.25, 0.3) is 0 Å². The maximum Gasteiger partial charge on any atom is 0.472 e. The molecule has 2 unspecified atom stereocenters. The van der Waals surface area contributed by atoms with E-state index in [1.165, 1.54) is 295 Å². The van der Waals surface area contributed by atoms with Crippen molar-refractivity contribution in [3.63, 3.8) is 0 Å². The van der Waals surface area contributed by atoms with Gasteiger partial charge in [-0.25, -0.2) is 9.13 Å². The molecule has 0 rings (SSSR count). The quantitative estimate of drug-likeness (QED) is 0.0222. The molecule has 0 saturated heterocycles. The van der Waals surface area contributed by atoms with Crippen LogP contribution >= 0.6 is 15.6 Å². The number of ether oxygens (including phenoxy) is 4. The van der Waals surface area contributed by atoms with Gasteiger partial charge in [-0.2, -0.15) is 0 Å². The largest absolute Gasteiger partial charge is 0.472 e. The Balaban J connectivity index is 5.23. The first kappa shape index (κ1) is 104. The Morgan fingerprint density at radius 2 is 0.434 bits per heavy atom. The molecule has 0 aliphatic carbocycles. The molecular formula is C87H170O17P2. The number of carbonyl (C=O) groups excluding carboxylic acids is 4. The second kappa shape index (κ2) is 79.7. The lowest BCUT2D eigenvalue weighted by atomic mass is 10.0. The zero-order valence-electron chi connectivity index (χ0n) is 69.6. The summed E-state index contributed by atoms with van der Waals surface area (Å²) in [5, 5.41) is 10.7. The first-order chi connectivity index (χ1) is 51.5. The second-order valence-corrected chi connectivity index (χ2v) is 34.7. The van der Waals surface area contributed by atoms with Crippen LogP contribution in [0.1, 0.15) is 471 Å². The number of unbranched alkanes of at least 4 members (excludes halogenated alkanes) is 59. The van der Waals surface area contributed by atoms with Gasteiger partial charge in [0, 0.05) is 25.7 Å². The van der Waals surface area contributed by atoms with Crippen molar-refractivity contribution in [2.45, 2.75) is 490 Å². The molecule has 0 radical (unpaired) electrons. The highest BCUT2D eigenvalue weighted by atomic mass is 31.2. The summed E-state index contributed by atoms with van der Waals surface area (Å²) in [5.41, 5.74) is 0. The molecule has 5 atom stereocenters. The number of rotatable bonds is 87. The average molecular weight is 1550 g/mol. The maximum atomic E-state index is 13.2. The first-order valence-electron chi connectivity index (χ1n) is 45.1. The van der Waals surface area contributed by atoms with Gasteiger partial charge in [0.05, 0.1) is 26.4 Å². The van der Waals surface area contributed by atoms with Crippen LogP contribution in [0.5, 0.6) is 0 Å². The van der Waals surface area contributed by atoms with Crippen LogP contribution in [-0.4, -0.2) is 96.7 Å². The van der Waals surface area contributed by atoms with E-state index in [1.54, 1.807) is 0 Å². The van der Waals surface area contributed by atoms with Crippen molar-refractivity contribution in [3.8, 4) is 0 Å². The van der Waals surface area contributed by atoms with E-state index in [-0.39, 0.29) is 25.7 Å². The highest BCUT2D eigenvalue weighted by Crippen LogP contribution is 2.45. The molecule has 0 fully saturated rings. The smallest absolute Gasteiger partial charge is 0.462 e. The van der Waals surface area contributed by atoms with Crippen LogP contribution in [0.15, 0.2) is 0 Å². The van der Waals surface area contributed by atoms with Crippen LogP contribution in [0, 0.1) is 5.92 Å². The van der Waals surface area contributed by atoms with Crippen molar-refractivity contribution in [2.24, 2.45) is 5.92 Å². The molecule has 0 aromatic heterocycles. The SMILES string of the molecule is CCCCCCCCCCCCCCCCCCCCCCCC(=O)O[C@H](COC(=O)CCCCCCCCCCCCCCCCCC(C)C)COP(=O)(O)OC[C@@H](O)COP(=O)(O)OC[C@@H](COC(=O)CCCCCCCCCCCCC)OC(=O)CCCCCCCCCCCCCCCCCC. The summed E-state index contributed by atoms with van der Waals surface area (Å²) in [5.74, 6) is -1.29. The van der Waals surface area contributed by atoms with Gasteiger partial charge in [0.25, 0.3) is 0 Å². The Labute approximate surface area is 651 Å². The van der Waals surface area contributed by atoms with Gasteiger partial charge < -0.3 is 33.8 Å². The molecular weight excluding hydrogens is 1380 g/mol. The van der Waals surface area contributed by atoms with Crippen molar-refractivity contribution in [3.05, 3.63) is 0 Å². The Kier molecular flexibility index (Phi) is 78.2. The molecule has 0 amide bonds. The lowest BCUT2D eigenvalue weighted by Gasteiger charge is -2.21. The Morgan fingerprint density at radius 1 is 0.255 bits per heavy atom. The lowest BCUT2D eigenvalue weighted by Crippen LogP contribution is -2.30. The van der Waals surface area contributed by atoms with Gasteiger partial charge in [-0.1, -0.05) is 420 Å². The fourth-order valence-electron chi connectivity index (χ4n) is 13.6. The lowest BCUT2D eigenvalue weighted by molar-refractivity contribution is -0.161. The zero-order chi connectivity index (χ0) is 77.6. The molecule has 19 heteroatoms. The minimum absolute atomic E-state index is 0.109. The van der Waals surface area contributed by atoms with Gasteiger partial charge in [-0.05, 0) is 31.6 Å². The third-order valence-corrected chi connectivity index (χ3v) is 22.4. The van der Waals surface area contributed by atoms with Gasteiger partial charge in [0.15, 0.2) is 12.2 Å². The molecule has 0 spiro atoms. The number of phosphoric ester groups is 2. The second-order valence-electron chi connectivity index (χ2n) is 31.8. The predicted octanol–water partition coefficient (Wildman–Crippen LogP) is 26.8. The molecule has 0 aliphatic rings. The van der Waals surface area contributed by atoms with Gasteiger partial charge in [0.2, 0.25) is 0 Å². The van der Waals surface area contributed by atoms with Crippen LogP contribution in [-0.2, 0) is 65.4 Å². The summed E-state index contributed by atoms with van der Waals surface area (Å²) < 4.78 is 68.9. The summed E-state index contributed by atoms with van der Waals surface area (Å²) in [6.07, 6.45) is 73.6. The van der Waals surface area contributed by atoms with Crippen LogP contribution in [0.4, 0.5) is 0 Å². The molecule has 0 bridgehead atoms. The highest BCUT2D eigenvalue weighted by Gasteiger charge is 2.30. The fourth-order valence-corrected chi connectivity index (χ4v) is 15.2. The van der Waals surface area contributed by atoms with E-state index in [4.69, 9.17) is 37.0 Å². The van der Waals surface area contributed by atoms with Gasteiger partial charge in [-0.3, -0.25) is 37.3 Å². The number of carbonyl (C=O) groups is 4. The van der Waals surface area contributed by atoms with E-state index < -0.39 is 97.5 Å². The van der Waals surface area contributed by atoms with Crippen LogP contribution in [0.2, 0.25) is 0 Å². The van der Waals surface area contributed by atoms with E-state index in [2.05, 4.69) is 34.6 Å². The summed E-state index contributed by atoms with van der Waals surface area (Å²) in [6, 6.07) is 0. The van der Waals surface area contributed by atoms with Crippen molar-refractivity contribution in [1.29, 1.82) is 0 Å². The minimum atomic E-state index is -4.97. The molecule has 0 saturated carbocycles. The Bertz CT molecular complexity index is 2010. The first-order valence-corrected chi connectivity index (χ1v) is 48.1. The number of esters is 4. The van der Waals surface area contributed by atoms with Crippen molar-refractivity contribution in [2.75, 3.05) is 39.6 Å². The van der Waals surface area contributed by atoms with Crippen molar-refractivity contribution in [1.82, 2.24) is 0 Å². The van der Waals surface area contributed by atoms with E-state index in [0.29, 0.717) is 25.7 Å². The van der Waals surface area contributed by atoms with Crippen molar-refractivity contribution < 1.29 is 80.2 Å². The zero-order valence-corrected chi connectivity index (χ0v) is 71.4. The number of hydrogen-bond acceptors (Lipinski definition) is 15. The third kappa shape index (κ3) is 80.1. The number of aliphatic hydroxyl groups excluding tert-OH is 1. The Hall–Kier alpha value is -1.94. The van der Waals surface area contributed by atoms with Gasteiger partial charge in [0.1, 0.15) is 19.3 Å². The third-order valence-electron chi connectivity index (χ3n) is 20.5. The van der Waals surface area contributed by atoms with Crippen molar-refractivity contribution >= 4 is 39.5 Å². The number of aliphatic hydroxyl groups is 1.